The van der Waals surface area contributed by atoms with Crippen LogP contribution in [0.1, 0.15) is 33.8 Å². The van der Waals surface area contributed by atoms with Crippen LogP contribution in [0.3, 0.4) is 0 Å². The number of carbonyl (C=O) groups is 1. The van der Waals surface area contributed by atoms with E-state index in [4.69, 9.17) is 5.73 Å². The molecule has 0 saturated heterocycles. The van der Waals surface area contributed by atoms with Crippen LogP contribution in [0, 0.1) is 12.7 Å². The fourth-order valence-electron chi connectivity index (χ4n) is 3.08. The maximum absolute atomic E-state index is 13.1. The largest absolute Gasteiger partial charge is 0.366 e. The Morgan fingerprint density at radius 3 is 2.75 bits per heavy atom. The van der Waals surface area contributed by atoms with Crippen LogP contribution in [0.25, 0.3) is 16.8 Å². The lowest BCUT2D eigenvalue weighted by Crippen LogP contribution is -2.26. The SMILES string of the molecule is Cc1c(-c2ccc3nc(N)nn3c2)csc1C(=O)N[C@@H](C)c1ccc(F)cc1. The van der Waals surface area contributed by atoms with Gasteiger partial charge in [0.2, 0.25) is 5.95 Å². The van der Waals surface area contributed by atoms with Crippen molar-refractivity contribution in [1.29, 1.82) is 0 Å². The quantitative estimate of drug-likeness (QED) is 0.547. The summed E-state index contributed by atoms with van der Waals surface area (Å²) in [5, 5.41) is 9.06. The molecule has 3 aromatic heterocycles. The van der Waals surface area contributed by atoms with Crippen LogP contribution in [0.2, 0.25) is 0 Å². The van der Waals surface area contributed by atoms with E-state index in [0.717, 1.165) is 22.3 Å². The zero-order chi connectivity index (χ0) is 19.8. The minimum absolute atomic E-state index is 0.156. The lowest BCUT2D eigenvalue weighted by atomic mass is 10.0. The summed E-state index contributed by atoms with van der Waals surface area (Å²) in [6, 6.07) is 9.66. The van der Waals surface area contributed by atoms with Crippen LogP contribution in [0.15, 0.2) is 48.0 Å². The van der Waals surface area contributed by atoms with Crippen LogP contribution in [0.5, 0.6) is 0 Å². The van der Waals surface area contributed by atoms with Crippen molar-refractivity contribution in [2.24, 2.45) is 0 Å². The molecule has 4 rings (SSSR count). The fraction of sp³-hybridized carbons (Fsp3) is 0.150. The molecule has 0 saturated carbocycles. The Morgan fingerprint density at radius 1 is 1.25 bits per heavy atom. The molecule has 0 aliphatic heterocycles. The maximum atomic E-state index is 13.1. The molecular weight excluding hydrogens is 377 g/mol. The third kappa shape index (κ3) is 3.34. The summed E-state index contributed by atoms with van der Waals surface area (Å²) < 4.78 is 14.7. The molecular formula is C20H18FN5OS. The van der Waals surface area contributed by atoms with Gasteiger partial charge in [0.05, 0.1) is 10.9 Å². The number of nitrogen functional groups attached to an aromatic ring is 1. The molecule has 0 fully saturated rings. The van der Waals surface area contributed by atoms with Crippen molar-refractivity contribution >= 4 is 28.8 Å². The van der Waals surface area contributed by atoms with Gasteiger partial charge < -0.3 is 11.1 Å². The minimum atomic E-state index is -0.299. The van der Waals surface area contributed by atoms with E-state index in [1.807, 2.05) is 37.6 Å². The second-order valence-electron chi connectivity index (χ2n) is 6.54. The van der Waals surface area contributed by atoms with E-state index in [-0.39, 0.29) is 23.7 Å². The van der Waals surface area contributed by atoms with Crippen LogP contribution in [-0.4, -0.2) is 20.5 Å². The van der Waals surface area contributed by atoms with Crippen molar-refractivity contribution in [1.82, 2.24) is 19.9 Å². The van der Waals surface area contributed by atoms with Crippen molar-refractivity contribution in [2.45, 2.75) is 19.9 Å². The summed E-state index contributed by atoms with van der Waals surface area (Å²) >= 11 is 1.39. The zero-order valence-electron chi connectivity index (χ0n) is 15.3. The van der Waals surface area contributed by atoms with Crippen molar-refractivity contribution < 1.29 is 9.18 Å². The molecule has 0 radical (unpaired) electrons. The Balaban J connectivity index is 1.58. The molecule has 6 nitrogen and oxygen atoms in total. The number of nitrogens with two attached hydrogens (primary N) is 1. The minimum Gasteiger partial charge on any atom is -0.366 e. The predicted molar refractivity (Wildman–Crippen MR) is 108 cm³/mol. The number of fused-ring (bicyclic) bond motifs is 1. The number of thiophene rings is 1. The highest BCUT2D eigenvalue weighted by Gasteiger charge is 2.18. The van der Waals surface area contributed by atoms with Gasteiger partial charge in [0.15, 0.2) is 5.65 Å². The van der Waals surface area contributed by atoms with Gasteiger partial charge in [-0.15, -0.1) is 16.4 Å². The highest BCUT2D eigenvalue weighted by atomic mass is 32.1. The Kier molecular flexibility index (Phi) is 4.56. The third-order valence-corrected chi connectivity index (χ3v) is 5.70. The topological polar surface area (TPSA) is 85.3 Å². The number of hydrogen-bond acceptors (Lipinski definition) is 5. The first-order valence-electron chi connectivity index (χ1n) is 8.69. The van der Waals surface area contributed by atoms with Crippen LogP contribution >= 0.6 is 11.3 Å². The lowest BCUT2D eigenvalue weighted by Gasteiger charge is -2.14. The molecule has 1 amide bonds. The molecule has 0 aliphatic rings. The first kappa shape index (κ1) is 18.1. The number of nitrogens with zero attached hydrogens (tertiary/aromatic N) is 3. The number of nitrogens with one attached hydrogen (secondary N) is 1. The average molecular weight is 395 g/mol. The standard InChI is InChI=1S/C20H18FN5OS/c1-11-16(14-5-8-17-24-20(22)25-26(17)9-14)10-28-18(11)19(27)23-12(2)13-3-6-15(21)7-4-13/h3-10,12H,1-2H3,(H2,22,25)(H,23,27)/t12-/m0/s1. The number of halogens is 1. The number of aromatic nitrogens is 3. The molecule has 0 unspecified atom stereocenters. The smallest absolute Gasteiger partial charge is 0.262 e. The summed E-state index contributed by atoms with van der Waals surface area (Å²) in [6.45, 7) is 3.79. The van der Waals surface area contributed by atoms with Gasteiger partial charge in [-0.25, -0.2) is 8.91 Å². The fourth-order valence-corrected chi connectivity index (χ4v) is 4.08. The van der Waals surface area contributed by atoms with Crippen molar-refractivity contribution in [3.63, 3.8) is 0 Å². The summed E-state index contributed by atoms with van der Waals surface area (Å²) in [7, 11) is 0. The molecule has 3 N–H and O–H groups in total. The molecule has 1 atom stereocenters. The van der Waals surface area contributed by atoms with Crippen molar-refractivity contribution in [2.75, 3.05) is 5.73 Å². The summed E-state index contributed by atoms with van der Waals surface area (Å²) in [4.78, 5) is 17.5. The number of anilines is 1. The summed E-state index contributed by atoms with van der Waals surface area (Å²) in [6.07, 6.45) is 1.84. The summed E-state index contributed by atoms with van der Waals surface area (Å²) in [5.74, 6) is -0.238. The van der Waals surface area contributed by atoms with Gasteiger partial charge in [-0.05, 0) is 60.2 Å². The van der Waals surface area contributed by atoms with E-state index in [1.54, 1.807) is 16.6 Å². The Hall–Kier alpha value is -3.26. The van der Waals surface area contributed by atoms with Gasteiger partial charge in [-0.1, -0.05) is 12.1 Å². The van der Waals surface area contributed by atoms with Gasteiger partial charge in [-0.3, -0.25) is 4.79 Å². The number of amides is 1. The third-order valence-electron chi connectivity index (χ3n) is 4.62. The average Bonchev–Trinajstić information content (AvgIpc) is 3.23. The van der Waals surface area contributed by atoms with Gasteiger partial charge >= 0.3 is 0 Å². The van der Waals surface area contributed by atoms with Gasteiger partial charge in [-0.2, -0.15) is 4.98 Å². The second kappa shape index (κ2) is 7.05. The molecule has 0 aliphatic carbocycles. The number of hydrogen-bond donors (Lipinski definition) is 2. The normalized spacial score (nSPS) is 12.2. The van der Waals surface area contributed by atoms with Crippen LogP contribution in [0.4, 0.5) is 10.3 Å². The Morgan fingerprint density at radius 2 is 2.00 bits per heavy atom. The lowest BCUT2D eigenvalue weighted by molar-refractivity contribution is 0.0943. The highest BCUT2D eigenvalue weighted by molar-refractivity contribution is 7.12. The van der Waals surface area contributed by atoms with E-state index < -0.39 is 0 Å². The van der Waals surface area contributed by atoms with Gasteiger partial charge in [0, 0.05) is 11.8 Å². The van der Waals surface area contributed by atoms with E-state index >= 15 is 0 Å². The second-order valence-corrected chi connectivity index (χ2v) is 7.42. The molecule has 8 heteroatoms. The van der Waals surface area contributed by atoms with E-state index in [1.165, 1.54) is 23.5 Å². The number of rotatable bonds is 4. The number of pyridine rings is 1. The van der Waals surface area contributed by atoms with Crippen molar-refractivity contribution in [3.8, 4) is 11.1 Å². The monoisotopic (exact) mass is 395 g/mol. The predicted octanol–water partition coefficient (Wildman–Crippen LogP) is 3.98. The Bertz CT molecular complexity index is 1170. The first-order valence-corrected chi connectivity index (χ1v) is 9.57. The number of carbonyl (C=O) groups excluding carboxylic acids is 1. The molecule has 3 heterocycles. The van der Waals surface area contributed by atoms with Crippen molar-refractivity contribution in [3.05, 3.63) is 69.8 Å². The molecule has 28 heavy (non-hydrogen) atoms. The Labute approximate surface area is 164 Å². The summed E-state index contributed by atoms with van der Waals surface area (Å²) in [5.41, 5.74) is 9.93. The molecule has 0 spiro atoms. The molecule has 4 aromatic rings. The maximum Gasteiger partial charge on any atom is 0.262 e. The van der Waals surface area contributed by atoms with Crippen LogP contribution < -0.4 is 11.1 Å². The highest BCUT2D eigenvalue weighted by Crippen LogP contribution is 2.31. The van der Waals surface area contributed by atoms with E-state index in [2.05, 4.69) is 15.4 Å². The van der Waals surface area contributed by atoms with Gasteiger partial charge in [0.1, 0.15) is 5.82 Å². The molecule has 0 bridgehead atoms. The first-order chi connectivity index (χ1) is 13.4. The van der Waals surface area contributed by atoms with Crippen LogP contribution in [-0.2, 0) is 0 Å². The number of benzene rings is 1. The molecule has 142 valence electrons. The van der Waals surface area contributed by atoms with E-state index in [9.17, 15) is 9.18 Å². The zero-order valence-corrected chi connectivity index (χ0v) is 16.1. The van der Waals surface area contributed by atoms with Gasteiger partial charge in [0.25, 0.3) is 5.91 Å². The molecule has 1 aromatic carbocycles. The van der Waals surface area contributed by atoms with E-state index in [0.29, 0.717) is 10.5 Å².